The van der Waals surface area contributed by atoms with Crippen molar-refractivity contribution in [2.45, 2.75) is 78.9 Å². The zero-order valence-corrected chi connectivity index (χ0v) is 26.2. The third-order valence-electron chi connectivity index (χ3n) is 8.17. The van der Waals surface area contributed by atoms with Gasteiger partial charge in [-0.15, -0.1) is 0 Å². The number of benzene rings is 2. The summed E-state index contributed by atoms with van der Waals surface area (Å²) in [6.07, 6.45) is 5.33. The van der Waals surface area contributed by atoms with Crippen LogP contribution in [0.4, 0.5) is 5.69 Å². The number of hydrogen-bond acceptors (Lipinski definition) is 5. The van der Waals surface area contributed by atoms with Gasteiger partial charge in [0.05, 0.1) is 19.2 Å². The number of nitrogens with zero attached hydrogens (tertiary/aromatic N) is 5. The van der Waals surface area contributed by atoms with Crippen molar-refractivity contribution in [3.8, 4) is 5.75 Å². The fourth-order valence-electron chi connectivity index (χ4n) is 5.80. The fraction of sp³-hybridized carbons (Fsp3) is 0.500. The van der Waals surface area contributed by atoms with Gasteiger partial charge in [0, 0.05) is 70.0 Å². The van der Waals surface area contributed by atoms with Gasteiger partial charge in [-0.1, -0.05) is 44.2 Å². The molecule has 8 heteroatoms. The summed E-state index contributed by atoms with van der Waals surface area (Å²) in [6.45, 7) is 14.7. The number of rotatable bonds is 8. The molecule has 0 fully saturated rings. The van der Waals surface area contributed by atoms with Gasteiger partial charge < -0.3 is 19.1 Å². The molecule has 0 aliphatic carbocycles. The third kappa shape index (κ3) is 7.79. The van der Waals surface area contributed by atoms with Gasteiger partial charge in [-0.05, 0) is 56.0 Å². The van der Waals surface area contributed by atoms with E-state index in [1.807, 2.05) is 52.5 Å². The maximum absolute atomic E-state index is 13.9. The maximum atomic E-state index is 13.9. The molecule has 226 valence electrons. The molecule has 8 nitrogen and oxygen atoms in total. The summed E-state index contributed by atoms with van der Waals surface area (Å²) in [5, 5.41) is 0. The molecule has 0 atom stereocenters. The van der Waals surface area contributed by atoms with Gasteiger partial charge in [0.15, 0.2) is 0 Å². The second-order valence-electron chi connectivity index (χ2n) is 11.8. The Morgan fingerprint density at radius 2 is 1.71 bits per heavy atom. The first-order valence-corrected chi connectivity index (χ1v) is 15.2. The summed E-state index contributed by atoms with van der Waals surface area (Å²) in [7, 11) is 1.64. The molecule has 0 saturated heterocycles. The molecule has 2 amide bonds. The highest BCUT2D eigenvalue weighted by Crippen LogP contribution is 2.29. The molecule has 0 radical (unpaired) electrons. The molecule has 0 saturated carbocycles. The topological polar surface area (TPSA) is 70.9 Å². The second-order valence-corrected chi connectivity index (χ2v) is 11.8. The van der Waals surface area contributed by atoms with Crippen LogP contribution in [0.5, 0.6) is 5.75 Å². The first kappa shape index (κ1) is 31.3. The zero-order chi connectivity index (χ0) is 30.2. The lowest BCUT2D eigenvalue weighted by molar-refractivity contribution is -0.132. The number of fused-ring (bicyclic) bond motifs is 1. The Kier molecular flexibility index (Phi) is 10.8. The highest BCUT2D eigenvalue weighted by molar-refractivity contribution is 5.96. The van der Waals surface area contributed by atoms with Crippen LogP contribution >= 0.6 is 0 Å². The normalized spacial score (nSPS) is 15.0. The van der Waals surface area contributed by atoms with Crippen LogP contribution in [0.25, 0.3) is 0 Å². The smallest absolute Gasteiger partial charge is 0.231 e. The highest BCUT2D eigenvalue weighted by Gasteiger charge is 2.26. The predicted molar refractivity (Wildman–Crippen MR) is 168 cm³/mol. The van der Waals surface area contributed by atoms with Crippen LogP contribution in [0, 0.1) is 6.92 Å². The SMILES string of the molecule is COc1ccc(CC(=O)N2CCCN(C(C)C)CCN(C(=O)CCn3ccnc3C(C)C)Cc3cccc(C)c32)cc1. The molecule has 4 rings (SSSR count). The number of carbonyl (C=O) groups is 2. The van der Waals surface area contributed by atoms with Gasteiger partial charge in [-0.3, -0.25) is 14.5 Å². The summed E-state index contributed by atoms with van der Waals surface area (Å²) in [5.41, 5.74) is 3.94. The van der Waals surface area contributed by atoms with Crippen molar-refractivity contribution in [1.82, 2.24) is 19.4 Å². The first-order chi connectivity index (χ1) is 20.2. The molecule has 0 unspecified atom stereocenters. The lowest BCUT2D eigenvalue weighted by Gasteiger charge is -2.30. The molecule has 42 heavy (non-hydrogen) atoms. The Balaban J connectivity index is 1.62. The number of aryl methyl sites for hydroxylation is 2. The van der Waals surface area contributed by atoms with Gasteiger partial charge in [0.25, 0.3) is 0 Å². The molecule has 2 heterocycles. The lowest BCUT2D eigenvalue weighted by atomic mass is 10.0. The quantitative estimate of drug-likeness (QED) is 0.359. The van der Waals surface area contributed by atoms with E-state index in [1.54, 1.807) is 7.11 Å². The highest BCUT2D eigenvalue weighted by atomic mass is 16.5. The van der Waals surface area contributed by atoms with Gasteiger partial charge in [-0.2, -0.15) is 0 Å². The van der Waals surface area contributed by atoms with E-state index >= 15 is 0 Å². The molecular formula is C34H47N5O3. The lowest BCUT2D eigenvalue weighted by Crippen LogP contribution is -2.41. The molecular weight excluding hydrogens is 526 g/mol. The first-order valence-electron chi connectivity index (χ1n) is 15.2. The summed E-state index contributed by atoms with van der Waals surface area (Å²) in [5.74, 6) is 2.24. The molecule has 0 N–H and O–H groups in total. The molecule has 1 aliphatic rings. The van der Waals surface area contributed by atoms with E-state index in [-0.39, 0.29) is 11.8 Å². The van der Waals surface area contributed by atoms with Crippen LogP contribution in [0.1, 0.15) is 69.0 Å². The molecule has 0 spiro atoms. The Labute approximate surface area is 251 Å². The van der Waals surface area contributed by atoms with Gasteiger partial charge in [0.2, 0.25) is 11.8 Å². The van der Waals surface area contributed by atoms with Crippen molar-refractivity contribution in [3.05, 3.63) is 77.4 Å². The monoisotopic (exact) mass is 573 g/mol. The van der Waals surface area contributed by atoms with E-state index in [2.05, 4.69) is 61.2 Å². The van der Waals surface area contributed by atoms with Crippen molar-refractivity contribution in [2.75, 3.05) is 38.2 Å². The largest absolute Gasteiger partial charge is 0.497 e. The van der Waals surface area contributed by atoms with Crippen molar-refractivity contribution in [2.24, 2.45) is 0 Å². The number of amides is 2. The number of hydrogen-bond donors (Lipinski definition) is 0. The van der Waals surface area contributed by atoms with Crippen LogP contribution in [0.3, 0.4) is 0 Å². The Morgan fingerprint density at radius 3 is 2.40 bits per heavy atom. The molecule has 3 aromatic rings. The van der Waals surface area contributed by atoms with E-state index in [4.69, 9.17) is 4.74 Å². The van der Waals surface area contributed by atoms with Crippen molar-refractivity contribution >= 4 is 17.5 Å². The van der Waals surface area contributed by atoms with Gasteiger partial charge in [-0.25, -0.2) is 4.98 Å². The Morgan fingerprint density at radius 1 is 0.952 bits per heavy atom. The van der Waals surface area contributed by atoms with Crippen molar-refractivity contribution in [1.29, 1.82) is 0 Å². The minimum absolute atomic E-state index is 0.0604. The Bertz CT molecular complexity index is 1330. The summed E-state index contributed by atoms with van der Waals surface area (Å²) >= 11 is 0. The minimum Gasteiger partial charge on any atom is -0.497 e. The number of para-hydroxylation sites is 1. The van der Waals surface area contributed by atoms with E-state index < -0.39 is 0 Å². The Hall–Kier alpha value is -3.65. The summed E-state index contributed by atoms with van der Waals surface area (Å²) in [4.78, 5) is 38.6. The number of carbonyl (C=O) groups excluding carboxylic acids is 2. The summed E-state index contributed by atoms with van der Waals surface area (Å²) < 4.78 is 7.39. The van der Waals surface area contributed by atoms with Crippen LogP contribution in [-0.4, -0.2) is 70.5 Å². The molecule has 1 aromatic heterocycles. The third-order valence-corrected chi connectivity index (χ3v) is 8.17. The summed E-state index contributed by atoms with van der Waals surface area (Å²) in [6, 6.07) is 14.2. The fourth-order valence-corrected chi connectivity index (χ4v) is 5.80. The molecule has 1 aliphatic heterocycles. The van der Waals surface area contributed by atoms with Crippen LogP contribution in [0.2, 0.25) is 0 Å². The minimum atomic E-state index is 0.0604. The van der Waals surface area contributed by atoms with E-state index in [0.29, 0.717) is 51.0 Å². The number of aromatic nitrogens is 2. The van der Waals surface area contributed by atoms with Crippen LogP contribution in [0.15, 0.2) is 54.9 Å². The second kappa shape index (κ2) is 14.5. The zero-order valence-electron chi connectivity index (χ0n) is 26.2. The van der Waals surface area contributed by atoms with Crippen LogP contribution < -0.4 is 9.64 Å². The number of ether oxygens (including phenoxy) is 1. The number of methoxy groups -OCH3 is 1. The van der Waals surface area contributed by atoms with E-state index in [1.165, 1.54) is 0 Å². The van der Waals surface area contributed by atoms with Gasteiger partial charge >= 0.3 is 0 Å². The number of imidazole rings is 1. The number of anilines is 1. The van der Waals surface area contributed by atoms with Crippen molar-refractivity contribution in [3.63, 3.8) is 0 Å². The average Bonchev–Trinajstić information content (AvgIpc) is 3.43. The molecule has 0 bridgehead atoms. The van der Waals surface area contributed by atoms with E-state index in [9.17, 15) is 9.59 Å². The van der Waals surface area contributed by atoms with Crippen molar-refractivity contribution < 1.29 is 14.3 Å². The molecule has 2 aromatic carbocycles. The standard InChI is InChI=1S/C34H47N5O3/c1-25(2)34-35-16-20-37(34)19-15-31(40)38-22-21-36(26(3)4)17-8-18-39(33-27(5)9-7-10-29(33)24-38)32(41)23-28-11-13-30(42-6)14-12-28/h7,9-14,16,20,25-26H,8,15,17-19,21-24H2,1-6H3. The maximum Gasteiger partial charge on any atom is 0.231 e. The average molecular weight is 574 g/mol. The van der Waals surface area contributed by atoms with Gasteiger partial charge in [0.1, 0.15) is 11.6 Å². The van der Waals surface area contributed by atoms with Crippen LogP contribution in [-0.2, 0) is 29.1 Å². The predicted octanol–water partition coefficient (Wildman–Crippen LogP) is 5.43. The van der Waals surface area contributed by atoms with E-state index in [0.717, 1.165) is 53.5 Å².